The molecule has 7 nitrogen and oxygen atoms in total. The van der Waals surface area contributed by atoms with Gasteiger partial charge in [-0.3, -0.25) is 0 Å². The van der Waals surface area contributed by atoms with Crippen molar-refractivity contribution in [2.75, 3.05) is 32.7 Å². The van der Waals surface area contributed by atoms with Crippen molar-refractivity contribution in [2.45, 2.75) is 19.3 Å². The molecule has 0 unspecified atom stereocenters. The van der Waals surface area contributed by atoms with Gasteiger partial charge in [-0.25, -0.2) is 0 Å². The highest BCUT2D eigenvalue weighted by molar-refractivity contribution is 5.26. The van der Waals surface area contributed by atoms with Crippen molar-refractivity contribution in [1.29, 1.82) is 0 Å². The minimum atomic E-state index is 0.212. The lowest BCUT2D eigenvalue weighted by Crippen LogP contribution is -2.06. The van der Waals surface area contributed by atoms with Crippen LogP contribution < -0.4 is 14.8 Å². The molecule has 0 saturated heterocycles. The predicted molar refractivity (Wildman–Crippen MR) is 62.4 cm³/mol. The Balaban J connectivity index is 2.46. The number of aliphatic hydroxyl groups excluding tert-OH is 1. The molecular formula is C10H18N4O3. The fourth-order valence-corrected chi connectivity index (χ4v) is 1.16. The van der Waals surface area contributed by atoms with Gasteiger partial charge in [0.05, 0.1) is 13.7 Å². The van der Waals surface area contributed by atoms with E-state index >= 15 is 0 Å². The summed E-state index contributed by atoms with van der Waals surface area (Å²) in [7, 11) is 3.19. The monoisotopic (exact) mass is 242 g/mol. The maximum atomic E-state index is 8.62. The first-order chi connectivity index (χ1) is 8.30. The van der Waals surface area contributed by atoms with E-state index in [1.165, 1.54) is 7.11 Å². The number of nitrogens with one attached hydrogen (secondary N) is 1. The second-order valence-corrected chi connectivity index (χ2v) is 3.31. The molecule has 0 aromatic carbocycles. The van der Waals surface area contributed by atoms with Crippen LogP contribution in [0, 0.1) is 0 Å². The summed E-state index contributed by atoms with van der Waals surface area (Å²) in [5, 5.41) is 11.4. The van der Waals surface area contributed by atoms with Crippen LogP contribution in [0.1, 0.15) is 19.3 Å². The molecule has 0 fully saturated rings. The lowest BCUT2D eigenvalue weighted by atomic mass is 10.2. The van der Waals surface area contributed by atoms with Gasteiger partial charge in [-0.2, -0.15) is 9.97 Å². The third-order valence-electron chi connectivity index (χ3n) is 2.03. The molecule has 17 heavy (non-hydrogen) atoms. The highest BCUT2D eigenvalue weighted by Crippen LogP contribution is 2.12. The quantitative estimate of drug-likeness (QED) is 0.640. The minimum Gasteiger partial charge on any atom is -0.467 e. The molecule has 2 N–H and O–H groups in total. The highest BCUT2D eigenvalue weighted by atomic mass is 16.5. The van der Waals surface area contributed by atoms with Crippen molar-refractivity contribution >= 4 is 5.95 Å². The average Bonchev–Trinajstić information content (AvgIpc) is 2.38. The first kappa shape index (κ1) is 13.4. The average molecular weight is 242 g/mol. The number of unbranched alkanes of at least 4 members (excludes halogenated alkanes) is 2. The second-order valence-electron chi connectivity index (χ2n) is 3.31. The van der Waals surface area contributed by atoms with E-state index in [0.29, 0.717) is 12.6 Å². The van der Waals surface area contributed by atoms with Crippen LogP contribution in [-0.2, 0) is 0 Å². The predicted octanol–water partition coefficient (Wildman–Crippen LogP) is 0.463. The topological polar surface area (TPSA) is 89.4 Å². The summed E-state index contributed by atoms with van der Waals surface area (Å²) >= 11 is 0. The van der Waals surface area contributed by atoms with Gasteiger partial charge in [0.25, 0.3) is 0 Å². The third-order valence-corrected chi connectivity index (χ3v) is 2.03. The zero-order chi connectivity index (χ0) is 12.5. The normalized spacial score (nSPS) is 10.1. The Labute approximate surface area is 100 Å². The number of aromatic nitrogens is 3. The lowest BCUT2D eigenvalue weighted by Gasteiger charge is -2.06. The van der Waals surface area contributed by atoms with Crippen LogP contribution in [0.25, 0.3) is 0 Å². The van der Waals surface area contributed by atoms with Gasteiger partial charge in [0, 0.05) is 13.7 Å². The van der Waals surface area contributed by atoms with Crippen LogP contribution in [0.3, 0.4) is 0 Å². The van der Waals surface area contributed by atoms with E-state index in [1.807, 2.05) is 0 Å². The van der Waals surface area contributed by atoms with Crippen LogP contribution in [0.4, 0.5) is 5.95 Å². The maximum Gasteiger partial charge on any atom is 0.324 e. The van der Waals surface area contributed by atoms with E-state index in [-0.39, 0.29) is 18.6 Å². The Hall–Kier alpha value is -1.63. The van der Waals surface area contributed by atoms with Crippen LogP contribution >= 0.6 is 0 Å². The first-order valence-electron chi connectivity index (χ1n) is 5.51. The van der Waals surface area contributed by atoms with Gasteiger partial charge in [-0.15, -0.1) is 4.98 Å². The summed E-state index contributed by atoms with van der Waals surface area (Å²) in [6.07, 6.45) is 2.55. The van der Waals surface area contributed by atoms with E-state index in [9.17, 15) is 0 Å². The van der Waals surface area contributed by atoms with Crippen LogP contribution in [-0.4, -0.2) is 47.4 Å². The zero-order valence-electron chi connectivity index (χ0n) is 10.1. The molecule has 1 heterocycles. The summed E-state index contributed by atoms with van der Waals surface area (Å²) in [5.74, 6) is 0.405. The van der Waals surface area contributed by atoms with Crippen molar-refractivity contribution in [2.24, 2.45) is 0 Å². The van der Waals surface area contributed by atoms with Crippen molar-refractivity contribution in [3.05, 3.63) is 0 Å². The fourth-order valence-electron chi connectivity index (χ4n) is 1.16. The Morgan fingerprint density at radius 1 is 1.12 bits per heavy atom. The van der Waals surface area contributed by atoms with E-state index in [1.54, 1.807) is 7.05 Å². The largest absolute Gasteiger partial charge is 0.467 e. The standard InChI is InChI=1S/C10H18N4O3/c1-11-8-12-9(16-2)14-10(13-8)17-7-5-3-4-6-15/h15H,3-7H2,1-2H3,(H,11,12,13,14). The molecule has 1 aromatic rings. The van der Waals surface area contributed by atoms with E-state index < -0.39 is 0 Å². The van der Waals surface area contributed by atoms with Crippen molar-refractivity contribution in [3.8, 4) is 12.0 Å². The van der Waals surface area contributed by atoms with Crippen molar-refractivity contribution in [1.82, 2.24) is 15.0 Å². The maximum absolute atomic E-state index is 8.62. The molecule has 0 radical (unpaired) electrons. The first-order valence-corrected chi connectivity index (χ1v) is 5.51. The van der Waals surface area contributed by atoms with Gasteiger partial charge in [-0.1, -0.05) is 0 Å². The van der Waals surface area contributed by atoms with E-state index in [4.69, 9.17) is 14.6 Å². The number of ether oxygens (including phenoxy) is 2. The molecule has 0 spiro atoms. The molecule has 0 aliphatic heterocycles. The van der Waals surface area contributed by atoms with Gasteiger partial charge < -0.3 is 19.9 Å². The van der Waals surface area contributed by atoms with Gasteiger partial charge in [-0.05, 0) is 19.3 Å². The lowest BCUT2D eigenvalue weighted by molar-refractivity contribution is 0.254. The Kier molecular flexibility index (Phi) is 6.02. The summed E-state index contributed by atoms with van der Waals surface area (Å²) in [5.41, 5.74) is 0. The number of nitrogens with zero attached hydrogens (tertiary/aromatic N) is 3. The SMILES string of the molecule is CNc1nc(OC)nc(OCCCCCO)n1. The van der Waals surface area contributed by atoms with Gasteiger partial charge >= 0.3 is 12.0 Å². The minimum absolute atomic E-state index is 0.212. The second kappa shape index (κ2) is 7.61. The molecule has 96 valence electrons. The van der Waals surface area contributed by atoms with Gasteiger partial charge in [0.1, 0.15) is 0 Å². The molecule has 0 saturated carbocycles. The number of hydrogen-bond acceptors (Lipinski definition) is 7. The summed E-state index contributed by atoms with van der Waals surface area (Å²) in [4.78, 5) is 12.0. The van der Waals surface area contributed by atoms with Crippen LogP contribution in [0.5, 0.6) is 12.0 Å². The van der Waals surface area contributed by atoms with Gasteiger partial charge in [0.15, 0.2) is 0 Å². The number of methoxy groups -OCH3 is 1. The molecule has 0 bridgehead atoms. The third kappa shape index (κ3) is 4.81. The molecule has 7 heteroatoms. The van der Waals surface area contributed by atoms with Crippen molar-refractivity contribution in [3.63, 3.8) is 0 Å². The van der Waals surface area contributed by atoms with Crippen LogP contribution in [0.15, 0.2) is 0 Å². The number of hydrogen-bond donors (Lipinski definition) is 2. The molecular weight excluding hydrogens is 224 g/mol. The van der Waals surface area contributed by atoms with E-state index in [2.05, 4.69) is 20.3 Å². The zero-order valence-corrected chi connectivity index (χ0v) is 10.1. The Morgan fingerprint density at radius 2 is 1.88 bits per heavy atom. The molecule has 0 aliphatic rings. The molecule has 0 amide bonds. The van der Waals surface area contributed by atoms with E-state index in [0.717, 1.165) is 19.3 Å². The number of anilines is 1. The smallest absolute Gasteiger partial charge is 0.324 e. The van der Waals surface area contributed by atoms with Gasteiger partial charge in [0.2, 0.25) is 5.95 Å². The molecule has 0 atom stereocenters. The Morgan fingerprint density at radius 3 is 2.53 bits per heavy atom. The molecule has 0 aliphatic carbocycles. The summed E-state index contributed by atoms with van der Waals surface area (Å²) in [6, 6.07) is 0.458. The Bertz CT molecular complexity index is 313. The molecule has 1 rings (SSSR count). The van der Waals surface area contributed by atoms with Crippen molar-refractivity contribution < 1.29 is 14.6 Å². The fraction of sp³-hybridized carbons (Fsp3) is 0.700. The summed E-state index contributed by atoms with van der Waals surface area (Å²) in [6.45, 7) is 0.722. The molecule has 1 aromatic heterocycles. The number of rotatable bonds is 8. The highest BCUT2D eigenvalue weighted by Gasteiger charge is 2.06. The van der Waals surface area contributed by atoms with Crippen LogP contribution in [0.2, 0.25) is 0 Å². The summed E-state index contributed by atoms with van der Waals surface area (Å²) < 4.78 is 10.3. The number of aliphatic hydroxyl groups is 1.